The molecule has 1 aliphatic carbocycles. The molecule has 0 N–H and O–H groups in total. The van der Waals surface area contributed by atoms with Crippen LogP contribution in [-0.4, -0.2) is 19.6 Å². The maximum absolute atomic E-state index is 10.8. The van der Waals surface area contributed by atoms with Crippen molar-refractivity contribution in [2.24, 2.45) is 0 Å². The molecule has 0 amide bonds. The SMILES string of the molecule is O=[N+]([O-])c1ccc2c(ccn2Cc2nc(C3CC3)no2)c1. The van der Waals surface area contributed by atoms with Gasteiger partial charge in [0.2, 0.25) is 5.89 Å². The highest BCUT2D eigenvalue weighted by molar-refractivity contribution is 5.82. The van der Waals surface area contributed by atoms with E-state index in [1.807, 2.05) is 16.8 Å². The molecule has 0 radical (unpaired) electrons. The van der Waals surface area contributed by atoms with E-state index in [-0.39, 0.29) is 5.69 Å². The quantitative estimate of drug-likeness (QED) is 0.543. The maximum Gasteiger partial charge on any atom is 0.270 e. The molecule has 4 rings (SSSR count). The first-order valence-electron chi connectivity index (χ1n) is 6.76. The minimum Gasteiger partial charge on any atom is -0.338 e. The Morgan fingerprint density at radius 1 is 1.38 bits per heavy atom. The topological polar surface area (TPSA) is 87.0 Å². The van der Waals surface area contributed by atoms with Crippen LogP contribution < -0.4 is 0 Å². The molecule has 0 aliphatic heterocycles. The molecule has 0 saturated heterocycles. The van der Waals surface area contributed by atoms with Crippen molar-refractivity contribution in [2.45, 2.75) is 25.3 Å². The first kappa shape index (κ1) is 12.1. The van der Waals surface area contributed by atoms with Crippen molar-refractivity contribution >= 4 is 16.6 Å². The summed E-state index contributed by atoms with van der Waals surface area (Å²) in [7, 11) is 0. The number of nitrogens with zero attached hydrogens (tertiary/aromatic N) is 4. The summed E-state index contributed by atoms with van der Waals surface area (Å²) in [6.45, 7) is 0.473. The summed E-state index contributed by atoms with van der Waals surface area (Å²) in [5, 5.41) is 15.6. The molecular weight excluding hydrogens is 272 g/mol. The summed E-state index contributed by atoms with van der Waals surface area (Å²) in [5.74, 6) is 1.82. The first-order valence-corrected chi connectivity index (χ1v) is 6.76. The number of nitro groups is 1. The third-order valence-corrected chi connectivity index (χ3v) is 3.70. The fraction of sp³-hybridized carbons (Fsp3) is 0.286. The normalized spacial score (nSPS) is 14.7. The smallest absolute Gasteiger partial charge is 0.270 e. The molecule has 3 aromatic rings. The van der Waals surface area contributed by atoms with Crippen molar-refractivity contribution in [2.75, 3.05) is 0 Å². The third-order valence-electron chi connectivity index (χ3n) is 3.70. The van der Waals surface area contributed by atoms with Crippen LogP contribution in [0.3, 0.4) is 0 Å². The lowest BCUT2D eigenvalue weighted by molar-refractivity contribution is -0.384. The average Bonchev–Trinajstić information content (AvgIpc) is 3.10. The predicted octanol–water partition coefficient (Wildman–Crippen LogP) is 2.86. The van der Waals surface area contributed by atoms with E-state index in [9.17, 15) is 10.1 Å². The molecule has 0 unspecified atom stereocenters. The Bertz CT molecular complexity index is 832. The lowest BCUT2D eigenvalue weighted by atomic mass is 10.2. The van der Waals surface area contributed by atoms with Gasteiger partial charge in [-0.15, -0.1) is 0 Å². The molecule has 7 heteroatoms. The van der Waals surface area contributed by atoms with Crippen molar-refractivity contribution in [3.8, 4) is 0 Å². The number of hydrogen-bond acceptors (Lipinski definition) is 5. The molecular formula is C14H12N4O3. The number of aromatic nitrogens is 3. The zero-order valence-corrected chi connectivity index (χ0v) is 11.1. The van der Waals surface area contributed by atoms with E-state index in [1.54, 1.807) is 12.1 Å². The van der Waals surface area contributed by atoms with Gasteiger partial charge in [0, 0.05) is 35.2 Å². The molecule has 1 saturated carbocycles. The van der Waals surface area contributed by atoms with Gasteiger partial charge >= 0.3 is 0 Å². The van der Waals surface area contributed by atoms with Gasteiger partial charge in [-0.05, 0) is 25.0 Å². The molecule has 0 bridgehead atoms. The van der Waals surface area contributed by atoms with Gasteiger partial charge in [0.1, 0.15) is 6.54 Å². The Kier molecular flexibility index (Phi) is 2.53. The lowest BCUT2D eigenvalue weighted by Crippen LogP contribution is -1.98. The Morgan fingerprint density at radius 2 is 2.24 bits per heavy atom. The Labute approximate surface area is 119 Å². The molecule has 2 aromatic heterocycles. The van der Waals surface area contributed by atoms with Gasteiger partial charge in [-0.2, -0.15) is 4.98 Å². The van der Waals surface area contributed by atoms with Crippen LogP contribution in [-0.2, 0) is 6.54 Å². The minimum atomic E-state index is -0.392. The number of benzene rings is 1. The first-order chi connectivity index (χ1) is 10.2. The van der Waals surface area contributed by atoms with Crippen molar-refractivity contribution in [3.05, 3.63) is 52.3 Å². The van der Waals surface area contributed by atoms with Crippen LogP contribution in [0, 0.1) is 10.1 Å². The summed E-state index contributed by atoms with van der Waals surface area (Å²) in [6.07, 6.45) is 4.14. The largest absolute Gasteiger partial charge is 0.338 e. The van der Waals surface area contributed by atoms with E-state index in [4.69, 9.17) is 4.52 Å². The van der Waals surface area contributed by atoms with E-state index in [0.717, 1.165) is 29.6 Å². The summed E-state index contributed by atoms with van der Waals surface area (Å²) in [6, 6.07) is 6.66. The lowest BCUT2D eigenvalue weighted by Gasteiger charge is -2.01. The highest BCUT2D eigenvalue weighted by Gasteiger charge is 2.28. The molecule has 106 valence electrons. The molecule has 1 aromatic carbocycles. The zero-order chi connectivity index (χ0) is 14.4. The summed E-state index contributed by atoms with van der Waals surface area (Å²) in [4.78, 5) is 14.8. The second-order valence-electron chi connectivity index (χ2n) is 5.26. The van der Waals surface area contributed by atoms with Crippen LogP contribution in [0.5, 0.6) is 0 Å². The predicted molar refractivity (Wildman–Crippen MR) is 74.0 cm³/mol. The van der Waals surface area contributed by atoms with Crippen LogP contribution in [0.15, 0.2) is 35.0 Å². The fourth-order valence-electron chi connectivity index (χ4n) is 2.42. The van der Waals surface area contributed by atoms with Gasteiger partial charge < -0.3 is 9.09 Å². The molecule has 1 fully saturated rings. The second-order valence-corrected chi connectivity index (χ2v) is 5.26. The number of hydrogen-bond donors (Lipinski definition) is 0. The maximum atomic E-state index is 10.8. The van der Waals surface area contributed by atoms with Crippen LogP contribution in [0.2, 0.25) is 0 Å². The Balaban J connectivity index is 1.64. The average molecular weight is 284 g/mol. The third kappa shape index (κ3) is 2.16. The van der Waals surface area contributed by atoms with E-state index < -0.39 is 4.92 Å². The van der Waals surface area contributed by atoms with Gasteiger partial charge in [-0.1, -0.05) is 5.16 Å². The highest BCUT2D eigenvalue weighted by Crippen LogP contribution is 2.38. The van der Waals surface area contributed by atoms with Crippen LogP contribution in [0.1, 0.15) is 30.5 Å². The van der Waals surface area contributed by atoms with Gasteiger partial charge in [-0.3, -0.25) is 10.1 Å². The number of nitro benzene ring substituents is 1. The van der Waals surface area contributed by atoms with Crippen molar-refractivity contribution < 1.29 is 9.45 Å². The standard InChI is InChI=1S/C14H12N4O3/c19-18(20)11-3-4-12-10(7-11)5-6-17(12)8-13-15-14(16-21-13)9-1-2-9/h3-7,9H,1-2,8H2. The van der Waals surface area contributed by atoms with E-state index in [1.165, 1.54) is 6.07 Å². The zero-order valence-electron chi connectivity index (χ0n) is 11.1. The molecule has 1 aliphatic rings. The summed E-state index contributed by atoms with van der Waals surface area (Å²) in [5.41, 5.74) is 1.00. The summed E-state index contributed by atoms with van der Waals surface area (Å²) >= 11 is 0. The molecule has 21 heavy (non-hydrogen) atoms. The van der Waals surface area contributed by atoms with E-state index >= 15 is 0 Å². The molecule has 7 nitrogen and oxygen atoms in total. The number of fused-ring (bicyclic) bond motifs is 1. The Hall–Kier alpha value is -2.70. The van der Waals surface area contributed by atoms with E-state index in [0.29, 0.717) is 18.4 Å². The van der Waals surface area contributed by atoms with Crippen molar-refractivity contribution in [1.29, 1.82) is 0 Å². The van der Waals surface area contributed by atoms with Crippen molar-refractivity contribution in [3.63, 3.8) is 0 Å². The van der Waals surface area contributed by atoms with Gasteiger partial charge in [0.15, 0.2) is 5.82 Å². The van der Waals surface area contributed by atoms with Crippen LogP contribution >= 0.6 is 0 Å². The minimum absolute atomic E-state index is 0.0917. The number of rotatable bonds is 4. The van der Waals surface area contributed by atoms with E-state index in [2.05, 4.69) is 10.1 Å². The molecule has 0 spiro atoms. The summed E-state index contributed by atoms with van der Waals surface area (Å²) < 4.78 is 7.21. The second kappa shape index (κ2) is 4.41. The Morgan fingerprint density at radius 3 is 3.00 bits per heavy atom. The highest BCUT2D eigenvalue weighted by atomic mass is 16.6. The van der Waals surface area contributed by atoms with Crippen LogP contribution in [0.4, 0.5) is 5.69 Å². The van der Waals surface area contributed by atoms with Gasteiger partial charge in [0.25, 0.3) is 5.69 Å². The number of non-ortho nitro benzene ring substituents is 1. The van der Waals surface area contributed by atoms with Gasteiger partial charge in [-0.25, -0.2) is 0 Å². The van der Waals surface area contributed by atoms with Crippen LogP contribution in [0.25, 0.3) is 10.9 Å². The molecule has 2 heterocycles. The monoisotopic (exact) mass is 284 g/mol. The fourth-order valence-corrected chi connectivity index (χ4v) is 2.42. The van der Waals surface area contributed by atoms with Gasteiger partial charge in [0.05, 0.1) is 4.92 Å². The molecule has 0 atom stereocenters. The van der Waals surface area contributed by atoms with Crippen molar-refractivity contribution in [1.82, 2.24) is 14.7 Å².